The minimum Gasteiger partial charge on any atom is -0.361 e. The Morgan fingerprint density at radius 1 is 1.17 bits per heavy atom. The molecule has 0 aliphatic heterocycles. The summed E-state index contributed by atoms with van der Waals surface area (Å²) in [6.45, 7) is 6.99. The normalized spacial score (nSPS) is 20.4. The SMILES string of the molecule is Cc1ccc2[nH]cc(C3CCC(C)(C)CC3)c2c1. The van der Waals surface area contributed by atoms with Gasteiger partial charge in [0, 0.05) is 17.1 Å². The van der Waals surface area contributed by atoms with Crippen LogP contribution >= 0.6 is 0 Å². The third-order valence-electron chi connectivity index (χ3n) is 4.65. The van der Waals surface area contributed by atoms with Gasteiger partial charge in [0.2, 0.25) is 0 Å². The Balaban J connectivity index is 1.93. The second-order valence-corrected chi connectivity index (χ2v) is 6.73. The Hall–Kier alpha value is -1.24. The van der Waals surface area contributed by atoms with Crippen molar-refractivity contribution in [1.82, 2.24) is 4.98 Å². The van der Waals surface area contributed by atoms with Gasteiger partial charge in [-0.05, 0) is 61.6 Å². The van der Waals surface area contributed by atoms with E-state index in [1.165, 1.54) is 42.1 Å². The van der Waals surface area contributed by atoms with E-state index in [9.17, 15) is 0 Å². The lowest BCUT2D eigenvalue weighted by atomic mass is 9.71. The molecule has 1 aromatic carbocycles. The highest BCUT2D eigenvalue weighted by Gasteiger charge is 2.28. The molecule has 3 rings (SSSR count). The maximum absolute atomic E-state index is 3.43. The number of fused-ring (bicyclic) bond motifs is 1. The fraction of sp³-hybridized carbons (Fsp3) is 0.529. The van der Waals surface area contributed by atoms with Crippen molar-refractivity contribution >= 4 is 10.9 Å². The van der Waals surface area contributed by atoms with E-state index in [-0.39, 0.29) is 0 Å². The third kappa shape index (κ3) is 2.07. The van der Waals surface area contributed by atoms with Crippen molar-refractivity contribution in [2.45, 2.75) is 52.4 Å². The largest absolute Gasteiger partial charge is 0.361 e. The molecular formula is C17H23N. The summed E-state index contributed by atoms with van der Waals surface area (Å²) >= 11 is 0. The van der Waals surface area contributed by atoms with Crippen LogP contribution < -0.4 is 0 Å². The van der Waals surface area contributed by atoms with E-state index in [1.54, 1.807) is 5.56 Å². The van der Waals surface area contributed by atoms with Crippen molar-refractivity contribution in [3.63, 3.8) is 0 Å². The molecule has 1 aliphatic carbocycles. The van der Waals surface area contributed by atoms with Gasteiger partial charge in [-0.15, -0.1) is 0 Å². The highest BCUT2D eigenvalue weighted by molar-refractivity contribution is 5.84. The number of aryl methyl sites for hydroxylation is 1. The lowest BCUT2D eigenvalue weighted by molar-refractivity contribution is 0.225. The summed E-state index contributed by atoms with van der Waals surface area (Å²) in [5.74, 6) is 0.758. The van der Waals surface area contributed by atoms with E-state index in [0.29, 0.717) is 5.41 Å². The molecule has 2 aromatic rings. The highest BCUT2D eigenvalue weighted by atomic mass is 14.7. The molecule has 0 saturated heterocycles. The van der Waals surface area contributed by atoms with Crippen LogP contribution in [-0.4, -0.2) is 4.98 Å². The van der Waals surface area contributed by atoms with E-state index in [0.717, 1.165) is 5.92 Å². The molecule has 1 saturated carbocycles. The van der Waals surface area contributed by atoms with Crippen molar-refractivity contribution in [3.8, 4) is 0 Å². The standard InChI is InChI=1S/C17H23N/c1-12-4-5-16-14(10-12)15(11-18-16)13-6-8-17(2,3)9-7-13/h4-5,10-11,13,18H,6-9H2,1-3H3. The first kappa shape index (κ1) is 11.8. The summed E-state index contributed by atoms with van der Waals surface area (Å²) in [7, 11) is 0. The van der Waals surface area contributed by atoms with Crippen LogP contribution in [0.25, 0.3) is 10.9 Å². The van der Waals surface area contributed by atoms with Crippen LogP contribution in [0.5, 0.6) is 0 Å². The van der Waals surface area contributed by atoms with Crippen LogP contribution in [0.2, 0.25) is 0 Å². The second kappa shape index (κ2) is 4.15. The molecule has 96 valence electrons. The Bertz CT molecular complexity index is 552. The van der Waals surface area contributed by atoms with Gasteiger partial charge in [0.25, 0.3) is 0 Å². The number of H-pyrrole nitrogens is 1. The molecule has 0 atom stereocenters. The fourth-order valence-electron chi connectivity index (χ4n) is 3.30. The lowest BCUT2D eigenvalue weighted by Crippen LogP contribution is -2.20. The first-order chi connectivity index (χ1) is 8.55. The predicted octanol–water partition coefficient (Wildman–Crippen LogP) is 5.16. The van der Waals surface area contributed by atoms with Crippen LogP contribution in [0.15, 0.2) is 24.4 Å². The zero-order valence-corrected chi connectivity index (χ0v) is 11.7. The van der Waals surface area contributed by atoms with Gasteiger partial charge in [-0.25, -0.2) is 0 Å². The van der Waals surface area contributed by atoms with Crippen molar-refractivity contribution < 1.29 is 0 Å². The molecule has 0 spiro atoms. The average Bonchev–Trinajstić information content (AvgIpc) is 2.72. The van der Waals surface area contributed by atoms with E-state index in [4.69, 9.17) is 0 Å². The summed E-state index contributed by atoms with van der Waals surface area (Å²) in [6.07, 6.45) is 7.64. The zero-order chi connectivity index (χ0) is 12.8. The summed E-state index contributed by atoms with van der Waals surface area (Å²) in [4.78, 5) is 3.43. The molecule has 0 amide bonds. The predicted molar refractivity (Wildman–Crippen MR) is 78.0 cm³/mol. The molecule has 1 N–H and O–H groups in total. The third-order valence-corrected chi connectivity index (χ3v) is 4.65. The number of aromatic nitrogens is 1. The van der Waals surface area contributed by atoms with Crippen molar-refractivity contribution in [2.24, 2.45) is 5.41 Å². The van der Waals surface area contributed by atoms with Gasteiger partial charge in [-0.1, -0.05) is 25.5 Å². The van der Waals surface area contributed by atoms with Gasteiger partial charge in [0.1, 0.15) is 0 Å². The summed E-state index contributed by atoms with van der Waals surface area (Å²) in [6, 6.07) is 6.73. The number of hydrogen-bond acceptors (Lipinski definition) is 0. The van der Waals surface area contributed by atoms with Crippen LogP contribution in [0.4, 0.5) is 0 Å². The maximum Gasteiger partial charge on any atom is 0.0457 e. The van der Waals surface area contributed by atoms with Gasteiger partial charge < -0.3 is 4.98 Å². The first-order valence-electron chi connectivity index (χ1n) is 7.13. The van der Waals surface area contributed by atoms with Crippen LogP contribution in [0.3, 0.4) is 0 Å². The Morgan fingerprint density at radius 3 is 2.61 bits per heavy atom. The molecule has 1 aliphatic rings. The monoisotopic (exact) mass is 241 g/mol. The van der Waals surface area contributed by atoms with E-state index >= 15 is 0 Å². The number of hydrogen-bond donors (Lipinski definition) is 1. The van der Waals surface area contributed by atoms with Gasteiger partial charge in [-0.2, -0.15) is 0 Å². The summed E-state index contributed by atoms with van der Waals surface area (Å²) in [5.41, 5.74) is 4.75. The minimum absolute atomic E-state index is 0.554. The van der Waals surface area contributed by atoms with E-state index < -0.39 is 0 Å². The molecule has 0 radical (unpaired) electrons. The molecule has 1 heterocycles. The Morgan fingerprint density at radius 2 is 1.89 bits per heavy atom. The first-order valence-corrected chi connectivity index (χ1v) is 7.13. The van der Waals surface area contributed by atoms with Gasteiger partial charge in [-0.3, -0.25) is 0 Å². The quantitative estimate of drug-likeness (QED) is 0.709. The molecule has 1 nitrogen and oxygen atoms in total. The molecule has 0 unspecified atom stereocenters. The Labute approximate surface area is 110 Å². The summed E-state index contributed by atoms with van der Waals surface area (Å²) in [5, 5.41) is 1.44. The second-order valence-electron chi connectivity index (χ2n) is 6.73. The lowest BCUT2D eigenvalue weighted by Gasteiger charge is -2.34. The van der Waals surface area contributed by atoms with Crippen LogP contribution in [0, 0.1) is 12.3 Å². The molecule has 1 fully saturated rings. The van der Waals surface area contributed by atoms with Crippen molar-refractivity contribution in [2.75, 3.05) is 0 Å². The number of rotatable bonds is 1. The van der Waals surface area contributed by atoms with E-state index in [1.807, 2.05) is 0 Å². The smallest absolute Gasteiger partial charge is 0.0457 e. The van der Waals surface area contributed by atoms with Crippen molar-refractivity contribution in [1.29, 1.82) is 0 Å². The molecule has 1 heteroatoms. The summed E-state index contributed by atoms with van der Waals surface area (Å²) < 4.78 is 0. The molecular weight excluding hydrogens is 218 g/mol. The molecule has 18 heavy (non-hydrogen) atoms. The van der Waals surface area contributed by atoms with Gasteiger partial charge in [0.15, 0.2) is 0 Å². The van der Waals surface area contributed by atoms with Gasteiger partial charge in [0.05, 0.1) is 0 Å². The zero-order valence-electron chi connectivity index (χ0n) is 11.7. The van der Waals surface area contributed by atoms with E-state index in [2.05, 4.69) is 50.2 Å². The fourth-order valence-corrected chi connectivity index (χ4v) is 3.30. The topological polar surface area (TPSA) is 15.8 Å². The van der Waals surface area contributed by atoms with Crippen molar-refractivity contribution in [3.05, 3.63) is 35.5 Å². The highest BCUT2D eigenvalue weighted by Crippen LogP contribution is 2.43. The minimum atomic E-state index is 0.554. The van der Waals surface area contributed by atoms with Gasteiger partial charge >= 0.3 is 0 Å². The van der Waals surface area contributed by atoms with Crippen LogP contribution in [0.1, 0.15) is 56.6 Å². The average molecular weight is 241 g/mol. The maximum atomic E-state index is 3.43. The number of nitrogens with one attached hydrogen (secondary N) is 1. The molecule has 1 aromatic heterocycles. The van der Waals surface area contributed by atoms with Crippen LogP contribution in [-0.2, 0) is 0 Å². The number of benzene rings is 1. The number of aromatic amines is 1. The Kier molecular flexibility index (Phi) is 2.73. The molecule has 0 bridgehead atoms.